The van der Waals surface area contributed by atoms with Gasteiger partial charge in [0.1, 0.15) is 0 Å². The van der Waals surface area contributed by atoms with Gasteiger partial charge in [-0.05, 0) is 0 Å². The van der Waals surface area contributed by atoms with Gasteiger partial charge in [0.25, 0.3) is 0 Å². The van der Waals surface area contributed by atoms with Crippen molar-refractivity contribution in [3.63, 3.8) is 0 Å². The van der Waals surface area contributed by atoms with E-state index in [0.717, 1.165) is 23.0 Å². The average Bonchev–Trinajstić information content (AvgIpc) is 3.51. The van der Waals surface area contributed by atoms with Crippen LogP contribution in [0, 0.1) is 0 Å². The molecule has 0 fully saturated rings. The Morgan fingerprint density at radius 1 is 0.548 bits per heavy atom. The Morgan fingerprint density at radius 2 is 0.871 bits per heavy atom. The van der Waals surface area contributed by atoms with Gasteiger partial charge in [-0.3, -0.25) is 0 Å². The summed E-state index contributed by atoms with van der Waals surface area (Å²) in [5.74, 6) is 3.72. The molecule has 2 aromatic rings. The van der Waals surface area contributed by atoms with Gasteiger partial charge in [-0.1, -0.05) is 0 Å². The zero-order valence-electron chi connectivity index (χ0n) is 16.8. The van der Waals surface area contributed by atoms with E-state index >= 15 is 0 Å². The number of thiol groups is 2. The van der Waals surface area contributed by atoms with Crippen LogP contribution in [0.15, 0.2) is 97.1 Å². The van der Waals surface area contributed by atoms with Gasteiger partial charge in [0.05, 0.1) is 0 Å². The molecule has 2 aliphatic carbocycles. The molecule has 160 valence electrons. The summed E-state index contributed by atoms with van der Waals surface area (Å²) in [6, 6.07) is 15.3. The van der Waals surface area contributed by atoms with Gasteiger partial charge in [-0.2, -0.15) is 0 Å². The molecule has 4 nitrogen and oxygen atoms in total. The van der Waals surface area contributed by atoms with E-state index in [9.17, 15) is 0 Å². The van der Waals surface area contributed by atoms with E-state index in [-0.39, 0.29) is 7.25 Å². The number of ether oxygens (including phenoxy) is 2. The first-order valence-electron chi connectivity index (χ1n) is 9.99. The molecule has 7 heteroatoms. The molecule has 0 saturated heterocycles. The van der Waals surface area contributed by atoms with E-state index < -0.39 is 21.1 Å². The van der Waals surface area contributed by atoms with E-state index in [0.29, 0.717) is 11.9 Å². The Kier molecular flexibility index (Phi) is 7.70. The average molecular weight is 532 g/mol. The van der Waals surface area contributed by atoms with Gasteiger partial charge in [0.15, 0.2) is 0 Å². The molecule has 0 saturated carbocycles. The van der Waals surface area contributed by atoms with Crippen molar-refractivity contribution < 1.29 is 36.2 Å². The number of benzene rings is 2. The van der Waals surface area contributed by atoms with Gasteiger partial charge in [0.2, 0.25) is 0 Å². The number of hydrogen-bond acceptors (Lipinski definition) is 6. The second-order valence-corrected chi connectivity index (χ2v) is 15.4. The molecule has 2 aliphatic rings. The molecule has 0 aliphatic heterocycles. The van der Waals surface area contributed by atoms with Crippen molar-refractivity contribution in [3.8, 4) is 23.0 Å². The van der Waals surface area contributed by atoms with Gasteiger partial charge in [0, 0.05) is 0 Å². The van der Waals surface area contributed by atoms with E-state index in [1.807, 2.05) is 48.5 Å². The zero-order chi connectivity index (χ0) is 21.5. The molecular weight excluding hydrogens is 508 g/mol. The molecule has 0 atom stereocenters. The van der Waals surface area contributed by atoms with Crippen LogP contribution in [-0.2, 0) is 21.1 Å². The quantitative estimate of drug-likeness (QED) is 0.271. The minimum atomic E-state index is -3.93. The SMILES string of the molecule is SCOc1ccc([O][Zr]([O]c2ccc(OCS)cc2)([CH]2C=CC=C2)[CH]2C=CC=C2)cc1. The number of hydrogen-bond donors (Lipinski definition) is 2. The van der Waals surface area contributed by atoms with Crippen LogP contribution in [-0.4, -0.2) is 11.9 Å². The van der Waals surface area contributed by atoms with Crippen molar-refractivity contribution in [3.05, 3.63) is 97.1 Å². The first-order chi connectivity index (χ1) is 15.2. The van der Waals surface area contributed by atoms with Crippen molar-refractivity contribution in [1.29, 1.82) is 0 Å². The molecule has 0 aromatic heterocycles. The van der Waals surface area contributed by atoms with Gasteiger partial charge >= 0.3 is 201 Å². The minimum absolute atomic E-state index is 0.119. The summed E-state index contributed by atoms with van der Waals surface area (Å²) in [6.07, 6.45) is 17.0. The fourth-order valence-electron chi connectivity index (χ4n) is 3.64. The first-order valence-corrected chi connectivity index (χ1v) is 16.1. The predicted molar refractivity (Wildman–Crippen MR) is 127 cm³/mol. The van der Waals surface area contributed by atoms with Crippen LogP contribution in [0.3, 0.4) is 0 Å². The Morgan fingerprint density at radius 3 is 1.19 bits per heavy atom. The molecule has 0 amide bonds. The normalized spacial score (nSPS) is 15.5. The molecule has 2 aromatic carbocycles. The first kappa shape index (κ1) is 22.4. The van der Waals surface area contributed by atoms with Crippen LogP contribution in [0.4, 0.5) is 0 Å². The third-order valence-electron chi connectivity index (χ3n) is 5.09. The van der Waals surface area contributed by atoms with Crippen molar-refractivity contribution in [1.82, 2.24) is 0 Å². The molecule has 0 unspecified atom stereocenters. The molecule has 0 bridgehead atoms. The Bertz CT molecular complexity index is 878. The summed E-state index contributed by atoms with van der Waals surface area (Å²) >= 11 is 4.30. The zero-order valence-corrected chi connectivity index (χ0v) is 21.1. The molecular formula is C24H24O4S2Zr. The van der Waals surface area contributed by atoms with Crippen molar-refractivity contribution in [2.24, 2.45) is 0 Å². The van der Waals surface area contributed by atoms with Crippen LogP contribution >= 0.6 is 25.3 Å². The van der Waals surface area contributed by atoms with Gasteiger partial charge in [-0.15, -0.1) is 0 Å². The summed E-state index contributed by atoms with van der Waals surface area (Å²) in [6.45, 7) is 0. The van der Waals surface area contributed by atoms with Gasteiger partial charge < -0.3 is 0 Å². The number of rotatable bonds is 10. The van der Waals surface area contributed by atoms with Crippen molar-refractivity contribution >= 4 is 25.3 Å². The standard InChI is InChI=1S/2C7H8O2S.2C5H5.Zr/c2*8-6-1-3-7(4-2-6)9-5-10;2*1-2-4-5-3-1;/h2*1-4,8,10H,5H2;2*1-5H;/q;;;;+2/p-2. The maximum atomic E-state index is 6.85. The monoisotopic (exact) mass is 530 g/mol. The summed E-state index contributed by atoms with van der Waals surface area (Å²) in [5, 5.41) is 0. The summed E-state index contributed by atoms with van der Waals surface area (Å²) in [4.78, 5) is 0. The Labute approximate surface area is 199 Å². The van der Waals surface area contributed by atoms with Crippen LogP contribution in [0.2, 0.25) is 7.25 Å². The Balaban J connectivity index is 1.69. The van der Waals surface area contributed by atoms with Crippen molar-refractivity contribution in [2.75, 3.05) is 11.9 Å². The van der Waals surface area contributed by atoms with Crippen LogP contribution < -0.4 is 15.1 Å². The van der Waals surface area contributed by atoms with E-state index in [2.05, 4.69) is 73.9 Å². The molecule has 0 radical (unpaired) electrons. The summed E-state index contributed by atoms with van der Waals surface area (Å²) in [5.41, 5.74) is 0. The fraction of sp³-hybridized carbons (Fsp3) is 0.167. The third-order valence-corrected chi connectivity index (χ3v) is 14.5. The Hall–Kier alpha value is -1.82. The van der Waals surface area contributed by atoms with Crippen molar-refractivity contribution in [2.45, 2.75) is 7.25 Å². The van der Waals surface area contributed by atoms with E-state index in [1.165, 1.54) is 0 Å². The van der Waals surface area contributed by atoms with Crippen LogP contribution in [0.1, 0.15) is 0 Å². The molecule has 4 rings (SSSR count). The fourth-order valence-corrected chi connectivity index (χ4v) is 12.7. The molecule has 31 heavy (non-hydrogen) atoms. The van der Waals surface area contributed by atoms with Crippen LogP contribution in [0.5, 0.6) is 23.0 Å². The maximum absolute atomic E-state index is 6.85. The molecule has 0 N–H and O–H groups in total. The summed E-state index contributed by atoms with van der Waals surface area (Å²) in [7, 11) is 0. The van der Waals surface area contributed by atoms with Gasteiger partial charge in [-0.25, -0.2) is 0 Å². The number of allylic oxidation sites excluding steroid dienone is 8. The van der Waals surface area contributed by atoms with Crippen LogP contribution in [0.25, 0.3) is 0 Å². The molecule has 0 spiro atoms. The summed E-state index contributed by atoms with van der Waals surface area (Å²) < 4.78 is 24.8. The van der Waals surface area contributed by atoms with E-state index in [4.69, 9.17) is 15.1 Å². The second kappa shape index (κ2) is 10.7. The third kappa shape index (κ3) is 5.33. The topological polar surface area (TPSA) is 36.9 Å². The predicted octanol–water partition coefficient (Wildman–Crippen LogP) is 6.49. The second-order valence-electron chi connectivity index (χ2n) is 7.01. The van der Waals surface area contributed by atoms with E-state index in [1.54, 1.807) is 0 Å². The molecule has 0 heterocycles.